The van der Waals surface area contributed by atoms with E-state index in [9.17, 15) is 4.79 Å². The van der Waals surface area contributed by atoms with Crippen LogP contribution in [0.2, 0.25) is 0 Å². The van der Waals surface area contributed by atoms with Gasteiger partial charge in [0.1, 0.15) is 0 Å². The Labute approximate surface area is 68.3 Å². The first-order chi connectivity index (χ1) is 5.24. The van der Waals surface area contributed by atoms with Crippen molar-refractivity contribution in [2.75, 3.05) is 13.1 Å². The fourth-order valence-electron chi connectivity index (χ4n) is 0.746. The Bertz CT molecular complexity index is 111. The second-order valence-electron chi connectivity index (χ2n) is 2.33. The van der Waals surface area contributed by atoms with Gasteiger partial charge in [0, 0.05) is 19.5 Å². The largest absolute Gasteiger partial charge is 0.368 e. The van der Waals surface area contributed by atoms with Crippen molar-refractivity contribution in [3.8, 4) is 0 Å². The molecule has 0 saturated carbocycles. The summed E-state index contributed by atoms with van der Waals surface area (Å²) in [6, 6.07) is 0. The molecule has 0 N–H and O–H groups in total. The van der Waals surface area contributed by atoms with E-state index in [-0.39, 0.29) is 5.97 Å². The van der Waals surface area contributed by atoms with Crippen LogP contribution in [0.1, 0.15) is 33.6 Å². The molecule has 0 aromatic rings. The molecule has 0 atom stereocenters. The van der Waals surface area contributed by atoms with Crippen LogP contribution in [0.15, 0.2) is 0 Å². The molecule has 0 aliphatic rings. The summed E-state index contributed by atoms with van der Waals surface area (Å²) in [5.41, 5.74) is 0. The van der Waals surface area contributed by atoms with E-state index in [0.29, 0.717) is 6.42 Å². The number of carbonyl (C=O) groups excluding carboxylic acids is 1. The molecule has 0 fully saturated rings. The van der Waals surface area contributed by atoms with Gasteiger partial charge in [0.2, 0.25) is 0 Å². The lowest BCUT2D eigenvalue weighted by Gasteiger charge is -2.16. The van der Waals surface area contributed by atoms with Crippen LogP contribution in [-0.4, -0.2) is 24.1 Å². The highest BCUT2D eigenvalue weighted by atomic mass is 16.7. The van der Waals surface area contributed by atoms with Crippen molar-refractivity contribution >= 4 is 5.97 Å². The normalized spacial score (nSPS) is 10.2. The van der Waals surface area contributed by atoms with E-state index in [1.54, 1.807) is 5.06 Å². The molecule has 0 saturated heterocycles. The molecule has 0 radical (unpaired) electrons. The summed E-state index contributed by atoms with van der Waals surface area (Å²) in [4.78, 5) is 15.9. The fraction of sp³-hybridized carbons (Fsp3) is 0.875. The van der Waals surface area contributed by atoms with Gasteiger partial charge < -0.3 is 4.84 Å². The molecule has 3 nitrogen and oxygen atoms in total. The smallest absolute Gasteiger partial charge is 0.325 e. The minimum atomic E-state index is -0.129. The lowest BCUT2D eigenvalue weighted by atomic mass is 10.3. The van der Waals surface area contributed by atoms with Crippen LogP contribution in [0, 0.1) is 0 Å². The van der Waals surface area contributed by atoms with Gasteiger partial charge in [-0.15, -0.1) is 5.06 Å². The van der Waals surface area contributed by atoms with Crippen molar-refractivity contribution in [3.05, 3.63) is 0 Å². The summed E-state index contributed by atoms with van der Waals surface area (Å²) in [6.07, 6.45) is 1.36. The highest BCUT2D eigenvalue weighted by molar-refractivity contribution is 5.68. The summed E-state index contributed by atoms with van der Waals surface area (Å²) >= 11 is 0. The van der Waals surface area contributed by atoms with Gasteiger partial charge in [0.25, 0.3) is 0 Å². The van der Waals surface area contributed by atoms with Gasteiger partial charge in [0.05, 0.1) is 0 Å². The van der Waals surface area contributed by atoms with Gasteiger partial charge in [-0.3, -0.25) is 4.79 Å². The zero-order valence-corrected chi connectivity index (χ0v) is 7.59. The van der Waals surface area contributed by atoms with Crippen LogP contribution >= 0.6 is 0 Å². The molecule has 66 valence electrons. The topological polar surface area (TPSA) is 29.5 Å². The highest BCUT2D eigenvalue weighted by Gasteiger charge is 2.05. The summed E-state index contributed by atoms with van der Waals surface area (Å²) in [6.45, 7) is 7.40. The summed E-state index contributed by atoms with van der Waals surface area (Å²) < 4.78 is 0. The number of carbonyl (C=O) groups is 1. The van der Waals surface area contributed by atoms with Crippen molar-refractivity contribution < 1.29 is 9.63 Å². The Morgan fingerprint density at radius 1 is 1.27 bits per heavy atom. The maximum Gasteiger partial charge on any atom is 0.325 e. The molecule has 3 heteroatoms. The molecule has 0 amide bonds. The van der Waals surface area contributed by atoms with Crippen LogP contribution in [0.5, 0.6) is 0 Å². The standard InChI is InChI=1S/C8H17NO2/c1-4-7-8(10)11-9(5-2)6-3/h4-7H2,1-3H3. The fourth-order valence-corrected chi connectivity index (χ4v) is 0.746. The third kappa shape index (κ3) is 4.79. The Morgan fingerprint density at radius 3 is 2.18 bits per heavy atom. The number of hydrogen-bond donors (Lipinski definition) is 0. The Hall–Kier alpha value is -0.570. The van der Waals surface area contributed by atoms with Gasteiger partial charge in [-0.25, -0.2) is 0 Å². The van der Waals surface area contributed by atoms with Crippen molar-refractivity contribution in [2.24, 2.45) is 0 Å². The lowest BCUT2D eigenvalue weighted by molar-refractivity contribution is -0.188. The van der Waals surface area contributed by atoms with Crippen LogP contribution < -0.4 is 0 Å². The molecule has 0 aromatic heterocycles. The van der Waals surface area contributed by atoms with Gasteiger partial charge in [-0.1, -0.05) is 6.92 Å². The van der Waals surface area contributed by atoms with Gasteiger partial charge in [-0.2, -0.15) is 0 Å². The van der Waals surface area contributed by atoms with E-state index >= 15 is 0 Å². The second-order valence-corrected chi connectivity index (χ2v) is 2.33. The van der Waals surface area contributed by atoms with Crippen LogP contribution in [0.4, 0.5) is 0 Å². The molecule has 0 spiro atoms. The first-order valence-corrected chi connectivity index (χ1v) is 4.20. The Morgan fingerprint density at radius 2 is 1.82 bits per heavy atom. The average Bonchev–Trinajstić information content (AvgIpc) is 2.01. The predicted octanol–water partition coefficient (Wildman–Crippen LogP) is 1.59. The SMILES string of the molecule is CCCC(=O)ON(CC)CC. The van der Waals surface area contributed by atoms with E-state index in [0.717, 1.165) is 19.5 Å². The molecule has 0 unspecified atom stereocenters. The van der Waals surface area contributed by atoms with E-state index < -0.39 is 0 Å². The molecule has 0 aliphatic carbocycles. The molecule has 0 heterocycles. The molecular weight excluding hydrogens is 142 g/mol. The van der Waals surface area contributed by atoms with Gasteiger partial charge >= 0.3 is 5.97 Å². The quantitative estimate of drug-likeness (QED) is 0.570. The first kappa shape index (κ1) is 10.4. The van der Waals surface area contributed by atoms with Crippen molar-refractivity contribution in [1.29, 1.82) is 0 Å². The molecular formula is C8H17NO2. The van der Waals surface area contributed by atoms with Crippen molar-refractivity contribution in [1.82, 2.24) is 5.06 Å². The van der Waals surface area contributed by atoms with Crippen LogP contribution in [-0.2, 0) is 9.63 Å². The van der Waals surface area contributed by atoms with Crippen molar-refractivity contribution in [3.63, 3.8) is 0 Å². The van der Waals surface area contributed by atoms with E-state index in [4.69, 9.17) is 4.84 Å². The molecule has 0 aromatic carbocycles. The maximum absolute atomic E-state index is 10.9. The van der Waals surface area contributed by atoms with Crippen LogP contribution in [0.3, 0.4) is 0 Å². The first-order valence-electron chi connectivity index (χ1n) is 4.20. The zero-order chi connectivity index (χ0) is 8.69. The monoisotopic (exact) mass is 159 g/mol. The third-order valence-electron chi connectivity index (χ3n) is 1.39. The zero-order valence-electron chi connectivity index (χ0n) is 7.59. The third-order valence-corrected chi connectivity index (χ3v) is 1.39. The number of rotatable bonds is 5. The second kappa shape index (κ2) is 6.16. The highest BCUT2D eigenvalue weighted by Crippen LogP contribution is 1.95. The summed E-state index contributed by atoms with van der Waals surface area (Å²) in [5.74, 6) is -0.129. The average molecular weight is 159 g/mol. The molecule has 11 heavy (non-hydrogen) atoms. The minimum Gasteiger partial charge on any atom is -0.368 e. The molecule has 0 rings (SSSR count). The van der Waals surface area contributed by atoms with Crippen molar-refractivity contribution in [2.45, 2.75) is 33.6 Å². The van der Waals surface area contributed by atoms with Gasteiger partial charge in [0.15, 0.2) is 0 Å². The van der Waals surface area contributed by atoms with Gasteiger partial charge in [-0.05, 0) is 20.3 Å². The minimum absolute atomic E-state index is 0.129. The number of nitrogens with zero attached hydrogens (tertiary/aromatic N) is 1. The molecule has 0 aliphatic heterocycles. The van der Waals surface area contributed by atoms with E-state index in [1.165, 1.54) is 0 Å². The summed E-state index contributed by atoms with van der Waals surface area (Å²) in [7, 11) is 0. The number of hydrogen-bond acceptors (Lipinski definition) is 3. The predicted molar refractivity (Wildman–Crippen MR) is 43.9 cm³/mol. The Balaban J connectivity index is 3.54. The Kier molecular flexibility index (Phi) is 5.84. The van der Waals surface area contributed by atoms with Crippen LogP contribution in [0.25, 0.3) is 0 Å². The number of hydroxylamine groups is 2. The molecule has 0 bridgehead atoms. The maximum atomic E-state index is 10.9. The van der Waals surface area contributed by atoms with E-state index in [1.807, 2.05) is 20.8 Å². The summed E-state index contributed by atoms with van der Waals surface area (Å²) in [5, 5.41) is 1.65. The lowest BCUT2D eigenvalue weighted by Crippen LogP contribution is -2.26. The van der Waals surface area contributed by atoms with E-state index in [2.05, 4.69) is 0 Å².